The van der Waals surface area contributed by atoms with Gasteiger partial charge in [0.1, 0.15) is 5.60 Å². The number of allylic oxidation sites excluding steroid dienone is 1. The molecule has 0 heterocycles. The number of Topliss-reactive ketones (excluding diaryl/α,β-unsaturated/α-hetero) is 1. The molecule has 6 nitrogen and oxygen atoms in total. The second-order valence-corrected chi connectivity index (χ2v) is 10.6. The quantitative estimate of drug-likeness (QED) is 0.117. The van der Waals surface area contributed by atoms with Crippen LogP contribution in [0.1, 0.15) is 115 Å². The Kier molecular flexibility index (Phi) is 15.3. The Hall–Kier alpha value is -2.18. The molecule has 0 unspecified atom stereocenters. The lowest BCUT2D eigenvalue weighted by molar-refractivity contribution is 0.0120. The van der Waals surface area contributed by atoms with E-state index in [4.69, 9.17) is 4.74 Å². The normalized spacial score (nSPS) is 14.4. The molecule has 6 heteroatoms. The zero-order valence-electron chi connectivity index (χ0n) is 22.9. The molecule has 0 fully saturated rings. The van der Waals surface area contributed by atoms with E-state index in [0.717, 1.165) is 12.8 Å². The summed E-state index contributed by atoms with van der Waals surface area (Å²) >= 11 is 0. The molecule has 0 saturated carbocycles. The van der Waals surface area contributed by atoms with E-state index in [1.165, 1.54) is 63.9 Å². The first-order valence-corrected chi connectivity index (χ1v) is 13.7. The standard InChI is InChI=1S/C30H49NO5/c1-5-6-7-8-9-10-11-12-13-14-15-16-20-23-30(35,27(33)25-21-18-17-19-22-25)26(24-32)31-28(34)36-29(2,3)4/h17-23,26,32,35H,5-16,24H2,1-4H3,(H,31,34)/b23-20+/t26-,30+/m0/s1. The van der Waals surface area contributed by atoms with Crippen LogP contribution in [0.3, 0.4) is 0 Å². The number of amides is 1. The highest BCUT2D eigenvalue weighted by molar-refractivity contribution is 6.04. The lowest BCUT2D eigenvalue weighted by atomic mass is 9.85. The maximum absolute atomic E-state index is 13.3. The predicted molar refractivity (Wildman–Crippen MR) is 146 cm³/mol. The first-order valence-electron chi connectivity index (χ1n) is 13.7. The molecule has 0 spiro atoms. The van der Waals surface area contributed by atoms with Crippen LogP contribution in [0.15, 0.2) is 42.5 Å². The molecule has 3 N–H and O–H groups in total. The number of hydrogen-bond donors (Lipinski definition) is 3. The largest absolute Gasteiger partial charge is 0.444 e. The molecule has 36 heavy (non-hydrogen) atoms. The molecular formula is C30H49NO5. The van der Waals surface area contributed by atoms with Crippen molar-refractivity contribution in [2.75, 3.05) is 6.61 Å². The molecular weight excluding hydrogens is 454 g/mol. The zero-order chi connectivity index (χ0) is 26.9. The van der Waals surface area contributed by atoms with Crippen molar-refractivity contribution >= 4 is 11.9 Å². The van der Waals surface area contributed by atoms with Crippen molar-refractivity contribution in [3.05, 3.63) is 48.0 Å². The monoisotopic (exact) mass is 503 g/mol. The Morgan fingerprint density at radius 3 is 1.94 bits per heavy atom. The average Bonchev–Trinajstić information content (AvgIpc) is 2.84. The van der Waals surface area contributed by atoms with E-state index in [9.17, 15) is 19.8 Å². The van der Waals surface area contributed by atoms with Crippen molar-refractivity contribution in [1.29, 1.82) is 0 Å². The summed E-state index contributed by atoms with van der Waals surface area (Å²) in [4.78, 5) is 25.6. The van der Waals surface area contributed by atoms with Gasteiger partial charge in [-0.3, -0.25) is 4.79 Å². The number of carbonyl (C=O) groups is 2. The molecule has 204 valence electrons. The summed E-state index contributed by atoms with van der Waals surface area (Å²) in [6.45, 7) is 6.76. The van der Waals surface area contributed by atoms with Gasteiger partial charge in [0.15, 0.2) is 5.60 Å². The number of unbranched alkanes of at least 4 members (excludes halogenated alkanes) is 11. The molecule has 2 atom stereocenters. The number of benzene rings is 1. The van der Waals surface area contributed by atoms with Gasteiger partial charge in [0.25, 0.3) is 0 Å². The van der Waals surface area contributed by atoms with Gasteiger partial charge in [0, 0.05) is 5.56 Å². The second-order valence-electron chi connectivity index (χ2n) is 10.6. The molecule has 1 amide bonds. The minimum absolute atomic E-state index is 0.295. The van der Waals surface area contributed by atoms with Crippen LogP contribution in [0.25, 0.3) is 0 Å². The average molecular weight is 504 g/mol. The number of rotatable bonds is 18. The Morgan fingerprint density at radius 2 is 1.44 bits per heavy atom. The maximum atomic E-state index is 13.3. The fraction of sp³-hybridized carbons (Fsp3) is 0.667. The molecule has 0 aliphatic carbocycles. The number of hydrogen-bond acceptors (Lipinski definition) is 5. The van der Waals surface area contributed by atoms with E-state index in [1.807, 2.05) is 0 Å². The van der Waals surface area contributed by atoms with Crippen molar-refractivity contribution in [2.24, 2.45) is 0 Å². The van der Waals surface area contributed by atoms with Crippen LogP contribution < -0.4 is 5.32 Å². The third-order valence-electron chi connectivity index (χ3n) is 6.15. The Morgan fingerprint density at radius 1 is 0.917 bits per heavy atom. The summed E-state index contributed by atoms with van der Waals surface area (Å²) in [5, 5.41) is 23.9. The number of aliphatic hydroxyl groups excluding tert-OH is 1. The maximum Gasteiger partial charge on any atom is 0.408 e. The van der Waals surface area contributed by atoms with Gasteiger partial charge in [-0.15, -0.1) is 0 Å². The van der Waals surface area contributed by atoms with E-state index in [0.29, 0.717) is 12.0 Å². The van der Waals surface area contributed by atoms with E-state index in [-0.39, 0.29) is 0 Å². The van der Waals surface area contributed by atoms with Crippen LogP contribution in [0, 0.1) is 0 Å². The van der Waals surface area contributed by atoms with Crippen molar-refractivity contribution in [1.82, 2.24) is 5.32 Å². The predicted octanol–water partition coefficient (Wildman–Crippen LogP) is 6.74. The number of ether oxygens (including phenoxy) is 1. The fourth-order valence-electron chi connectivity index (χ4n) is 4.10. The van der Waals surface area contributed by atoms with Crippen LogP contribution in [-0.2, 0) is 4.74 Å². The lowest BCUT2D eigenvalue weighted by Gasteiger charge is -2.32. The molecule has 0 aromatic heterocycles. The summed E-state index contributed by atoms with van der Waals surface area (Å²) in [5.74, 6) is -0.589. The molecule has 0 radical (unpaired) electrons. The highest BCUT2D eigenvalue weighted by atomic mass is 16.6. The van der Waals surface area contributed by atoms with Gasteiger partial charge < -0.3 is 20.3 Å². The molecule has 1 rings (SSSR count). The van der Waals surface area contributed by atoms with Crippen molar-refractivity contribution in [3.8, 4) is 0 Å². The van der Waals surface area contributed by atoms with Gasteiger partial charge in [-0.25, -0.2) is 4.79 Å². The van der Waals surface area contributed by atoms with Gasteiger partial charge in [0.05, 0.1) is 12.6 Å². The second kappa shape index (κ2) is 17.3. The van der Waals surface area contributed by atoms with Gasteiger partial charge in [-0.2, -0.15) is 0 Å². The Bertz CT molecular complexity index is 771. The summed E-state index contributed by atoms with van der Waals surface area (Å²) in [6.07, 6.45) is 16.8. The molecule has 0 aliphatic rings. The van der Waals surface area contributed by atoms with Crippen molar-refractivity contribution < 1.29 is 24.5 Å². The van der Waals surface area contributed by atoms with Gasteiger partial charge >= 0.3 is 6.09 Å². The minimum atomic E-state index is -2.11. The molecule has 0 aliphatic heterocycles. The van der Waals surface area contributed by atoms with E-state index in [1.54, 1.807) is 57.2 Å². The number of aliphatic hydroxyl groups is 2. The SMILES string of the molecule is CCCCCCCCCCCCC/C=C/[C@](O)(C(=O)c1ccccc1)[C@H](CO)NC(=O)OC(C)(C)C. The van der Waals surface area contributed by atoms with E-state index in [2.05, 4.69) is 12.2 Å². The number of alkyl carbamates (subject to hydrolysis) is 1. The van der Waals surface area contributed by atoms with Crippen LogP contribution in [-0.4, -0.2) is 45.9 Å². The highest BCUT2D eigenvalue weighted by Crippen LogP contribution is 2.22. The number of nitrogens with one attached hydrogen (secondary N) is 1. The third-order valence-corrected chi connectivity index (χ3v) is 6.15. The molecule has 1 aromatic rings. The summed E-state index contributed by atoms with van der Waals surface area (Å²) < 4.78 is 5.27. The molecule has 0 bridgehead atoms. The molecule has 0 saturated heterocycles. The highest BCUT2D eigenvalue weighted by Gasteiger charge is 2.43. The fourth-order valence-corrected chi connectivity index (χ4v) is 4.10. The van der Waals surface area contributed by atoms with Gasteiger partial charge in [0.2, 0.25) is 5.78 Å². The van der Waals surface area contributed by atoms with Crippen molar-refractivity contribution in [3.63, 3.8) is 0 Å². The topological polar surface area (TPSA) is 95.9 Å². The number of ketones is 1. The minimum Gasteiger partial charge on any atom is -0.444 e. The number of carbonyl (C=O) groups excluding carboxylic acids is 2. The van der Waals surface area contributed by atoms with Crippen LogP contribution in [0.2, 0.25) is 0 Å². The lowest BCUT2D eigenvalue weighted by Crippen LogP contribution is -2.58. The van der Waals surface area contributed by atoms with Gasteiger partial charge in [-0.05, 0) is 39.7 Å². The zero-order valence-corrected chi connectivity index (χ0v) is 22.9. The van der Waals surface area contributed by atoms with E-state index < -0.39 is 35.7 Å². The third kappa shape index (κ3) is 12.7. The molecule has 1 aromatic carbocycles. The van der Waals surface area contributed by atoms with Crippen LogP contribution in [0.5, 0.6) is 0 Å². The van der Waals surface area contributed by atoms with Gasteiger partial charge in [-0.1, -0.05) is 108 Å². The Labute approximate surface area is 218 Å². The van der Waals surface area contributed by atoms with E-state index >= 15 is 0 Å². The summed E-state index contributed by atoms with van der Waals surface area (Å²) in [7, 11) is 0. The summed E-state index contributed by atoms with van der Waals surface area (Å²) in [5.41, 5.74) is -2.56. The summed E-state index contributed by atoms with van der Waals surface area (Å²) in [6, 6.07) is 7.14. The van der Waals surface area contributed by atoms with Crippen LogP contribution >= 0.6 is 0 Å². The first kappa shape index (κ1) is 31.8. The smallest absolute Gasteiger partial charge is 0.408 e. The Balaban J connectivity index is 2.66. The first-order chi connectivity index (χ1) is 17.1. The van der Waals surface area contributed by atoms with Crippen LogP contribution in [0.4, 0.5) is 4.79 Å². The van der Waals surface area contributed by atoms with Crippen molar-refractivity contribution in [2.45, 2.75) is 122 Å².